The molecule has 0 saturated carbocycles. The molecule has 5 nitrogen and oxygen atoms in total. The third kappa shape index (κ3) is 4.16. The summed E-state index contributed by atoms with van der Waals surface area (Å²) in [6.07, 6.45) is 0. The number of nitrogens with two attached hydrogens (primary N) is 1. The molecule has 0 spiro atoms. The van der Waals surface area contributed by atoms with Gasteiger partial charge in [-0.25, -0.2) is 17.2 Å². The van der Waals surface area contributed by atoms with Gasteiger partial charge in [-0.1, -0.05) is 60.7 Å². The van der Waals surface area contributed by atoms with Crippen molar-refractivity contribution in [3.8, 4) is 0 Å². The molecule has 0 saturated heterocycles. The van der Waals surface area contributed by atoms with Crippen LogP contribution < -0.4 is 5.73 Å². The van der Waals surface area contributed by atoms with Crippen molar-refractivity contribution in [1.29, 1.82) is 0 Å². The number of halogens is 2. The second kappa shape index (κ2) is 8.68. The molecule has 0 aliphatic carbocycles. The lowest BCUT2D eigenvalue weighted by Crippen LogP contribution is -2.56. The van der Waals surface area contributed by atoms with Gasteiger partial charge in [0, 0.05) is 5.56 Å². The van der Waals surface area contributed by atoms with Crippen LogP contribution >= 0.6 is 0 Å². The molecule has 172 valence electrons. The molecule has 0 bridgehead atoms. The van der Waals surface area contributed by atoms with E-state index in [4.69, 9.17) is 10.5 Å². The first-order chi connectivity index (χ1) is 15.7. The first-order valence-corrected chi connectivity index (χ1v) is 12.0. The van der Waals surface area contributed by atoms with E-state index in [0.717, 1.165) is 5.56 Å². The Balaban J connectivity index is 1.79. The minimum Gasteiger partial charge on any atom is -0.386 e. The van der Waals surface area contributed by atoms with Crippen LogP contribution in [0, 0.1) is 11.6 Å². The molecule has 2 atom stereocenters. The molecule has 1 aliphatic rings. The summed E-state index contributed by atoms with van der Waals surface area (Å²) in [7, 11) is -4.03. The summed E-state index contributed by atoms with van der Waals surface area (Å²) in [6.45, 7) is 1.44. The monoisotopic (exact) mass is 470 g/mol. The number of amidine groups is 1. The topological polar surface area (TPSA) is 81.8 Å². The molecule has 4 rings (SSSR count). The number of aliphatic imine (C=N–C) groups is 1. The van der Waals surface area contributed by atoms with E-state index in [1.807, 2.05) is 30.3 Å². The number of rotatable bonds is 6. The number of benzene rings is 3. The maximum Gasteiger partial charge on any atom is 0.169 e. The summed E-state index contributed by atoms with van der Waals surface area (Å²) in [6, 6.07) is 20.3. The molecule has 1 aliphatic heterocycles. The number of sulfone groups is 1. The number of hydrogen-bond acceptors (Lipinski definition) is 5. The number of hydrogen-bond donors (Lipinski definition) is 1. The van der Waals surface area contributed by atoms with Gasteiger partial charge in [0.15, 0.2) is 14.6 Å². The molecular weight excluding hydrogens is 446 g/mol. The van der Waals surface area contributed by atoms with Crippen molar-refractivity contribution >= 4 is 15.7 Å². The van der Waals surface area contributed by atoms with Gasteiger partial charge in [-0.2, -0.15) is 0 Å². The van der Waals surface area contributed by atoms with Crippen molar-refractivity contribution in [3.05, 3.63) is 107 Å². The standard InChI is InChI=1S/C25H24F2N2O3S/c1-24(19-11-13-20(26)14-12-19)23(28)29-25(17-33(24,30)31,21-9-5-6-10-22(21)27)16-32-15-18-7-3-2-4-8-18/h2-14H,15-17H2,1H3,(H2,28,29)/t24?,25-/m0/s1. The normalized spacial score (nSPS) is 24.3. The molecule has 0 radical (unpaired) electrons. The average Bonchev–Trinajstić information content (AvgIpc) is 2.78. The predicted octanol–water partition coefficient (Wildman–Crippen LogP) is 4.08. The Kier molecular flexibility index (Phi) is 6.07. The van der Waals surface area contributed by atoms with Gasteiger partial charge in [-0.05, 0) is 36.2 Å². The van der Waals surface area contributed by atoms with Gasteiger partial charge in [0.1, 0.15) is 23.0 Å². The van der Waals surface area contributed by atoms with Gasteiger partial charge < -0.3 is 10.5 Å². The van der Waals surface area contributed by atoms with Crippen LogP contribution in [0.1, 0.15) is 23.6 Å². The number of ether oxygens (including phenoxy) is 1. The Hall–Kier alpha value is -3.10. The smallest absolute Gasteiger partial charge is 0.169 e. The van der Waals surface area contributed by atoms with Crippen molar-refractivity contribution in [1.82, 2.24) is 0 Å². The molecule has 2 N–H and O–H groups in total. The molecule has 0 fully saturated rings. The van der Waals surface area contributed by atoms with E-state index in [1.165, 1.54) is 49.4 Å². The van der Waals surface area contributed by atoms with E-state index in [-0.39, 0.29) is 30.2 Å². The summed E-state index contributed by atoms with van der Waals surface area (Å²) in [4.78, 5) is 4.58. The third-order valence-corrected chi connectivity index (χ3v) is 8.64. The van der Waals surface area contributed by atoms with Crippen LogP contribution in [0.5, 0.6) is 0 Å². The fourth-order valence-electron chi connectivity index (χ4n) is 4.12. The molecule has 8 heteroatoms. The second-order valence-corrected chi connectivity index (χ2v) is 10.6. The van der Waals surface area contributed by atoms with Crippen molar-refractivity contribution < 1.29 is 21.9 Å². The van der Waals surface area contributed by atoms with E-state index < -0.39 is 37.5 Å². The maximum absolute atomic E-state index is 14.9. The SMILES string of the molecule is CC1(c2ccc(F)cc2)C(N)=N[C@](COCc2ccccc2)(c2ccccc2F)CS1(=O)=O. The van der Waals surface area contributed by atoms with Crippen LogP contribution in [0.3, 0.4) is 0 Å². The summed E-state index contributed by atoms with van der Waals surface area (Å²) >= 11 is 0. The third-order valence-electron chi connectivity index (χ3n) is 6.10. The molecule has 3 aromatic carbocycles. The van der Waals surface area contributed by atoms with Gasteiger partial charge in [0.2, 0.25) is 0 Å². The van der Waals surface area contributed by atoms with Crippen LogP contribution in [0.2, 0.25) is 0 Å². The zero-order chi connectivity index (χ0) is 23.7. The fourth-order valence-corrected chi connectivity index (χ4v) is 6.20. The van der Waals surface area contributed by atoms with Gasteiger partial charge >= 0.3 is 0 Å². The molecule has 1 unspecified atom stereocenters. The quantitative estimate of drug-likeness (QED) is 0.589. The highest BCUT2D eigenvalue weighted by molar-refractivity contribution is 7.93. The van der Waals surface area contributed by atoms with Crippen LogP contribution in [0.4, 0.5) is 8.78 Å². The fraction of sp³-hybridized carbons (Fsp3) is 0.240. The first kappa shape index (κ1) is 23.1. The van der Waals surface area contributed by atoms with Gasteiger partial charge in [-0.3, -0.25) is 4.99 Å². The van der Waals surface area contributed by atoms with Gasteiger partial charge in [0.05, 0.1) is 19.0 Å². The summed E-state index contributed by atoms with van der Waals surface area (Å²) in [5.74, 6) is -1.82. The Morgan fingerprint density at radius 1 is 0.970 bits per heavy atom. The maximum atomic E-state index is 14.9. The highest BCUT2D eigenvalue weighted by Gasteiger charge is 2.55. The summed E-state index contributed by atoms with van der Waals surface area (Å²) in [5.41, 5.74) is 6.00. The Morgan fingerprint density at radius 3 is 2.24 bits per heavy atom. The van der Waals surface area contributed by atoms with Crippen LogP contribution in [-0.4, -0.2) is 26.6 Å². The van der Waals surface area contributed by atoms with Crippen molar-refractivity contribution in [2.75, 3.05) is 12.4 Å². The first-order valence-electron chi connectivity index (χ1n) is 10.4. The second-order valence-electron chi connectivity index (χ2n) is 8.29. The molecule has 0 amide bonds. The van der Waals surface area contributed by atoms with Crippen molar-refractivity contribution in [2.24, 2.45) is 10.7 Å². The molecular formula is C25H24F2N2O3S. The van der Waals surface area contributed by atoms with Crippen molar-refractivity contribution in [3.63, 3.8) is 0 Å². The minimum atomic E-state index is -4.03. The predicted molar refractivity (Wildman–Crippen MR) is 123 cm³/mol. The van der Waals surface area contributed by atoms with Gasteiger partial charge in [0.25, 0.3) is 0 Å². The van der Waals surface area contributed by atoms with Crippen LogP contribution in [0.15, 0.2) is 83.9 Å². The van der Waals surface area contributed by atoms with E-state index in [0.29, 0.717) is 0 Å². The average molecular weight is 471 g/mol. The molecule has 33 heavy (non-hydrogen) atoms. The van der Waals surface area contributed by atoms with Crippen molar-refractivity contribution in [2.45, 2.75) is 23.8 Å². The number of nitrogens with zero attached hydrogens (tertiary/aromatic N) is 1. The lowest BCUT2D eigenvalue weighted by atomic mass is 9.90. The molecule has 1 heterocycles. The van der Waals surface area contributed by atoms with E-state index in [9.17, 15) is 17.2 Å². The highest BCUT2D eigenvalue weighted by Crippen LogP contribution is 2.43. The lowest BCUT2D eigenvalue weighted by Gasteiger charge is -2.41. The summed E-state index contributed by atoms with van der Waals surface area (Å²) in [5, 5.41) is 0. The zero-order valence-corrected chi connectivity index (χ0v) is 18.9. The van der Waals surface area contributed by atoms with Gasteiger partial charge in [-0.15, -0.1) is 0 Å². The Bertz CT molecular complexity index is 1280. The van der Waals surface area contributed by atoms with E-state index >= 15 is 0 Å². The lowest BCUT2D eigenvalue weighted by molar-refractivity contribution is 0.0781. The van der Waals surface area contributed by atoms with E-state index in [1.54, 1.807) is 6.07 Å². The van der Waals surface area contributed by atoms with Crippen LogP contribution in [-0.2, 0) is 31.5 Å². The molecule has 0 aromatic heterocycles. The highest BCUT2D eigenvalue weighted by atomic mass is 32.2. The Labute approximate surface area is 191 Å². The summed E-state index contributed by atoms with van der Waals surface area (Å²) < 4.78 is 59.9. The van der Waals surface area contributed by atoms with E-state index in [2.05, 4.69) is 4.99 Å². The minimum absolute atomic E-state index is 0.0887. The Morgan fingerprint density at radius 2 is 1.61 bits per heavy atom. The molecule has 3 aromatic rings. The zero-order valence-electron chi connectivity index (χ0n) is 18.0. The van der Waals surface area contributed by atoms with Crippen LogP contribution in [0.25, 0.3) is 0 Å². The largest absolute Gasteiger partial charge is 0.386 e.